The Bertz CT molecular complexity index is 206. The van der Waals surface area contributed by atoms with E-state index in [0.717, 1.165) is 0 Å². The average molecular weight is 202 g/mol. The van der Waals surface area contributed by atoms with Crippen molar-refractivity contribution >= 4 is 11.9 Å². The number of aliphatic carboxylic acids is 1. The number of carboxylic acids is 1. The molecule has 0 aliphatic carbocycles. The Balaban J connectivity index is 4.15. The number of nitrogens with one attached hydrogen (secondary N) is 1. The maximum Gasteiger partial charge on any atom is 0.326 e. The first kappa shape index (κ1) is 12.9. The average Bonchev–Trinajstić information content (AvgIpc) is 2.15. The van der Waals surface area contributed by atoms with Crippen LogP contribution in [0.15, 0.2) is 0 Å². The summed E-state index contributed by atoms with van der Waals surface area (Å²) in [5.74, 6) is -1.41. The molecule has 0 fully saturated rings. The molecule has 82 valence electrons. The molecular formula is C9H18N2O3. The molecule has 0 bridgehead atoms. The number of nitrogens with two attached hydrogens (primary N) is 1. The van der Waals surface area contributed by atoms with Gasteiger partial charge in [-0.15, -0.1) is 0 Å². The first-order chi connectivity index (χ1) is 6.52. The van der Waals surface area contributed by atoms with Gasteiger partial charge in [0, 0.05) is 0 Å². The lowest BCUT2D eigenvalue weighted by molar-refractivity contribution is -0.142. The molecular weight excluding hydrogens is 184 g/mol. The lowest BCUT2D eigenvalue weighted by Gasteiger charge is -2.16. The van der Waals surface area contributed by atoms with E-state index in [4.69, 9.17) is 10.8 Å². The zero-order valence-corrected chi connectivity index (χ0v) is 8.62. The van der Waals surface area contributed by atoms with Gasteiger partial charge in [0.15, 0.2) is 0 Å². The van der Waals surface area contributed by atoms with Gasteiger partial charge in [-0.25, -0.2) is 4.79 Å². The van der Waals surface area contributed by atoms with Crippen LogP contribution in [-0.2, 0) is 9.59 Å². The molecule has 5 heteroatoms. The van der Waals surface area contributed by atoms with Crippen LogP contribution in [-0.4, -0.2) is 29.1 Å². The van der Waals surface area contributed by atoms with Gasteiger partial charge in [-0.2, -0.15) is 0 Å². The SMILES string of the molecule is CCCC(NC(=O)C(N)CC)C(=O)O. The number of hydrogen-bond acceptors (Lipinski definition) is 3. The van der Waals surface area contributed by atoms with Gasteiger partial charge in [0.05, 0.1) is 6.04 Å². The molecule has 2 unspecified atom stereocenters. The minimum atomic E-state index is -1.01. The highest BCUT2D eigenvalue weighted by Gasteiger charge is 2.21. The summed E-state index contributed by atoms with van der Waals surface area (Å²) in [6.07, 6.45) is 1.64. The highest BCUT2D eigenvalue weighted by molar-refractivity contribution is 5.86. The van der Waals surface area contributed by atoms with E-state index >= 15 is 0 Å². The lowest BCUT2D eigenvalue weighted by atomic mass is 10.1. The second-order valence-corrected chi connectivity index (χ2v) is 3.20. The third kappa shape index (κ3) is 4.23. The Labute approximate surface area is 83.7 Å². The molecule has 5 nitrogen and oxygen atoms in total. The maximum absolute atomic E-state index is 11.3. The van der Waals surface area contributed by atoms with Crippen molar-refractivity contribution in [1.29, 1.82) is 0 Å². The second kappa shape index (κ2) is 6.37. The fraction of sp³-hybridized carbons (Fsp3) is 0.778. The number of carbonyl (C=O) groups is 2. The minimum Gasteiger partial charge on any atom is -0.480 e. The van der Waals surface area contributed by atoms with Gasteiger partial charge in [-0.05, 0) is 12.8 Å². The van der Waals surface area contributed by atoms with E-state index in [-0.39, 0.29) is 0 Å². The van der Waals surface area contributed by atoms with Gasteiger partial charge in [0.1, 0.15) is 6.04 Å². The van der Waals surface area contributed by atoms with E-state index in [1.165, 1.54) is 0 Å². The van der Waals surface area contributed by atoms with Crippen LogP contribution in [0, 0.1) is 0 Å². The standard InChI is InChI=1S/C9H18N2O3/c1-3-5-7(9(13)14)11-8(12)6(10)4-2/h6-7H,3-5,10H2,1-2H3,(H,11,12)(H,13,14). The normalized spacial score (nSPS) is 14.5. The van der Waals surface area contributed by atoms with Gasteiger partial charge in [0.25, 0.3) is 0 Å². The van der Waals surface area contributed by atoms with Crippen molar-refractivity contribution in [2.45, 2.75) is 45.2 Å². The summed E-state index contributed by atoms with van der Waals surface area (Å²) in [7, 11) is 0. The first-order valence-electron chi connectivity index (χ1n) is 4.81. The second-order valence-electron chi connectivity index (χ2n) is 3.20. The largest absolute Gasteiger partial charge is 0.480 e. The molecule has 0 aliphatic rings. The predicted octanol–water partition coefficient (Wildman–Crippen LogP) is 0.0932. The summed E-state index contributed by atoms with van der Waals surface area (Å²) in [6, 6.07) is -1.43. The molecule has 0 rings (SSSR count). The van der Waals surface area contributed by atoms with Gasteiger partial charge in [-0.3, -0.25) is 4.79 Å². The summed E-state index contributed by atoms with van der Waals surface area (Å²) < 4.78 is 0. The number of carbonyl (C=O) groups excluding carboxylic acids is 1. The van der Waals surface area contributed by atoms with E-state index < -0.39 is 24.0 Å². The van der Waals surface area contributed by atoms with Crippen molar-refractivity contribution < 1.29 is 14.7 Å². The molecule has 1 amide bonds. The highest BCUT2D eigenvalue weighted by Crippen LogP contribution is 1.98. The van der Waals surface area contributed by atoms with Crippen LogP contribution >= 0.6 is 0 Å². The van der Waals surface area contributed by atoms with Crippen LogP contribution in [0.3, 0.4) is 0 Å². The highest BCUT2D eigenvalue weighted by atomic mass is 16.4. The lowest BCUT2D eigenvalue weighted by Crippen LogP contribution is -2.48. The zero-order chi connectivity index (χ0) is 11.1. The fourth-order valence-electron chi connectivity index (χ4n) is 1.01. The summed E-state index contributed by atoms with van der Waals surface area (Å²) in [4.78, 5) is 21.9. The van der Waals surface area contributed by atoms with Crippen LogP contribution < -0.4 is 11.1 Å². The van der Waals surface area contributed by atoms with Crippen molar-refractivity contribution in [3.05, 3.63) is 0 Å². The molecule has 4 N–H and O–H groups in total. The molecule has 0 aromatic carbocycles. The van der Waals surface area contributed by atoms with Crippen molar-refractivity contribution in [3.8, 4) is 0 Å². The Kier molecular flexibility index (Phi) is 5.87. The van der Waals surface area contributed by atoms with E-state index in [0.29, 0.717) is 19.3 Å². The summed E-state index contributed by atoms with van der Waals surface area (Å²) in [5.41, 5.74) is 5.46. The van der Waals surface area contributed by atoms with Crippen LogP contribution in [0.5, 0.6) is 0 Å². The smallest absolute Gasteiger partial charge is 0.326 e. The van der Waals surface area contributed by atoms with Gasteiger partial charge >= 0.3 is 5.97 Å². The van der Waals surface area contributed by atoms with Crippen molar-refractivity contribution in [1.82, 2.24) is 5.32 Å². The summed E-state index contributed by atoms with van der Waals surface area (Å²) in [6.45, 7) is 3.64. The Morgan fingerprint density at radius 2 is 2.00 bits per heavy atom. The van der Waals surface area contributed by atoms with E-state index in [1.54, 1.807) is 6.92 Å². The maximum atomic E-state index is 11.3. The van der Waals surface area contributed by atoms with Gasteiger partial charge < -0.3 is 16.2 Å². The van der Waals surface area contributed by atoms with Crippen molar-refractivity contribution in [2.75, 3.05) is 0 Å². The molecule has 0 saturated carbocycles. The molecule has 0 spiro atoms. The number of rotatable bonds is 6. The van der Waals surface area contributed by atoms with E-state index in [9.17, 15) is 9.59 Å². The van der Waals surface area contributed by atoms with Crippen LogP contribution in [0.1, 0.15) is 33.1 Å². The fourth-order valence-corrected chi connectivity index (χ4v) is 1.01. The number of hydrogen-bond donors (Lipinski definition) is 3. The quantitative estimate of drug-likeness (QED) is 0.569. The molecule has 0 aliphatic heterocycles. The van der Waals surface area contributed by atoms with E-state index in [2.05, 4.69) is 5.32 Å². The van der Waals surface area contributed by atoms with Crippen LogP contribution in [0.4, 0.5) is 0 Å². The first-order valence-corrected chi connectivity index (χ1v) is 4.81. The van der Waals surface area contributed by atoms with Crippen LogP contribution in [0.2, 0.25) is 0 Å². The third-order valence-electron chi connectivity index (χ3n) is 1.97. The molecule has 0 radical (unpaired) electrons. The monoisotopic (exact) mass is 202 g/mol. The van der Waals surface area contributed by atoms with Gasteiger partial charge in [-0.1, -0.05) is 20.3 Å². The van der Waals surface area contributed by atoms with Crippen molar-refractivity contribution in [3.63, 3.8) is 0 Å². The Hall–Kier alpha value is -1.10. The molecule has 0 saturated heterocycles. The number of carboxylic acid groups (broad SMARTS) is 1. The topological polar surface area (TPSA) is 92.4 Å². The molecule has 14 heavy (non-hydrogen) atoms. The molecule has 0 aromatic rings. The molecule has 0 heterocycles. The van der Waals surface area contributed by atoms with Crippen LogP contribution in [0.25, 0.3) is 0 Å². The number of amides is 1. The third-order valence-corrected chi connectivity index (χ3v) is 1.97. The molecule has 0 aromatic heterocycles. The summed E-state index contributed by atoms with van der Waals surface area (Å²) in [5, 5.41) is 11.2. The Morgan fingerprint density at radius 1 is 1.43 bits per heavy atom. The summed E-state index contributed by atoms with van der Waals surface area (Å²) >= 11 is 0. The van der Waals surface area contributed by atoms with Crippen molar-refractivity contribution in [2.24, 2.45) is 5.73 Å². The minimum absolute atomic E-state index is 0.395. The zero-order valence-electron chi connectivity index (χ0n) is 8.62. The predicted molar refractivity (Wildman–Crippen MR) is 52.7 cm³/mol. The molecule has 2 atom stereocenters. The Morgan fingerprint density at radius 3 is 2.36 bits per heavy atom. The van der Waals surface area contributed by atoms with E-state index in [1.807, 2.05) is 6.92 Å². The van der Waals surface area contributed by atoms with Gasteiger partial charge in [0.2, 0.25) is 5.91 Å².